The maximum Gasteiger partial charge on any atom is 0.0715 e. The summed E-state index contributed by atoms with van der Waals surface area (Å²) in [4.78, 5) is 0. The Hall–Kier alpha value is -1.58. The van der Waals surface area contributed by atoms with Crippen LogP contribution in [0.15, 0.2) is 12.4 Å². The van der Waals surface area contributed by atoms with E-state index in [2.05, 4.69) is 99.5 Å². The minimum Gasteiger partial charge on any atom is -0.275 e. The smallest absolute Gasteiger partial charge is 0.0715 e. The van der Waals surface area contributed by atoms with Gasteiger partial charge in [-0.05, 0) is 22.0 Å². The van der Waals surface area contributed by atoms with Gasteiger partial charge in [0.25, 0.3) is 0 Å². The lowest BCUT2D eigenvalue weighted by molar-refractivity contribution is 0.492. The van der Waals surface area contributed by atoms with Gasteiger partial charge in [-0.15, -0.1) is 0 Å². The Balaban J connectivity index is 0.000000280. The van der Waals surface area contributed by atoms with Crippen LogP contribution in [0.1, 0.15) is 106 Å². The first kappa shape index (κ1) is 24.5. The van der Waals surface area contributed by atoms with Crippen LogP contribution in [0.4, 0.5) is 0 Å². The summed E-state index contributed by atoms with van der Waals surface area (Å²) in [5, 5.41) is 8.93. The Morgan fingerprint density at radius 2 is 1.11 bits per heavy atom. The first-order valence-corrected chi connectivity index (χ1v) is 10.3. The van der Waals surface area contributed by atoms with E-state index < -0.39 is 0 Å². The van der Waals surface area contributed by atoms with Gasteiger partial charge in [-0.25, -0.2) is 0 Å². The minimum atomic E-state index is 0.129. The van der Waals surface area contributed by atoms with Crippen LogP contribution < -0.4 is 0 Å². The molecule has 0 aliphatic carbocycles. The third-order valence-corrected chi connectivity index (χ3v) is 4.80. The van der Waals surface area contributed by atoms with E-state index in [4.69, 9.17) is 0 Å². The molecule has 0 amide bonds. The normalized spacial score (nSPS) is 13.4. The van der Waals surface area contributed by atoms with E-state index in [9.17, 15) is 0 Å². The van der Waals surface area contributed by atoms with E-state index in [1.807, 2.05) is 29.7 Å². The molecular formula is C24H44N4. The predicted molar refractivity (Wildman–Crippen MR) is 121 cm³/mol. The molecule has 0 aliphatic heterocycles. The lowest BCUT2D eigenvalue weighted by Crippen LogP contribution is -2.23. The number of hydrogen-bond acceptors (Lipinski definition) is 2. The molecule has 2 rings (SSSR count). The summed E-state index contributed by atoms with van der Waals surface area (Å²) in [6, 6.07) is 0. The SMILES string of the molecule is Cn1cc(C(C)(C)C)c(C(C)(C)C)n1.Cn1ncc(C(C)(C)C)c1C(C)(C)C. The molecule has 2 heterocycles. The molecule has 0 bridgehead atoms. The van der Waals surface area contributed by atoms with Gasteiger partial charge in [0.05, 0.1) is 11.9 Å². The lowest BCUT2D eigenvalue weighted by atomic mass is 9.79. The average molecular weight is 389 g/mol. The van der Waals surface area contributed by atoms with Crippen LogP contribution in [0.2, 0.25) is 0 Å². The van der Waals surface area contributed by atoms with E-state index in [0.717, 1.165) is 0 Å². The molecule has 0 saturated carbocycles. The van der Waals surface area contributed by atoms with Gasteiger partial charge in [0.1, 0.15) is 0 Å². The molecule has 0 radical (unpaired) electrons. The van der Waals surface area contributed by atoms with Gasteiger partial charge >= 0.3 is 0 Å². The summed E-state index contributed by atoms with van der Waals surface area (Å²) in [5.74, 6) is 0. The number of rotatable bonds is 0. The monoisotopic (exact) mass is 388 g/mol. The standard InChI is InChI=1S/2C12H22N2/c1-11(2,3)9-8-14(7)13-10(9)12(4,5)6;1-11(2,3)9-8-13-14(7)10(9)12(4,5)6/h2*8H,1-7H3. The number of aromatic nitrogens is 4. The molecule has 0 unspecified atom stereocenters. The van der Waals surface area contributed by atoms with E-state index >= 15 is 0 Å². The van der Waals surface area contributed by atoms with Crippen molar-refractivity contribution in [1.29, 1.82) is 0 Å². The molecule has 2 aromatic rings. The predicted octanol–water partition coefficient (Wildman–Crippen LogP) is 6.03. The van der Waals surface area contributed by atoms with Crippen LogP contribution >= 0.6 is 0 Å². The van der Waals surface area contributed by atoms with Crippen molar-refractivity contribution >= 4 is 0 Å². The topological polar surface area (TPSA) is 35.6 Å². The minimum absolute atomic E-state index is 0.129. The first-order valence-electron chi connectivity index (χ1n) is 10.3. The quantitative estimate of drug-likeness (QED) is 0.552. The van der Waals surface area contributed by atoms with E-state index in [1.165, 1.54) is 22.5 Å². The fourth-order valence-corrected chi connectivity index (χ4v) is 3.47. The van der Waals surface area contributed by atoms with Gasteiger partial charge in [0.15, 0.2) is 0 Å². The van der Waals surface area contributed by atoms with Crippen molar-refractivity contribution < 1.29 is 0 Å². The largest absolute Gasteiger partial charge is 0.275 e. The molecule has 4 nitrogen and oxygen atoms in total. The molecule has 0 atom stereocenters. The third-order valence-electron chi connectivity index (χ3n) is 4.80. The highest BCUT2D eigenvalue weighted by molar-refractivity contribution is 5.31. The lowest BCUT2D eigenvalue weighted by Gasteiger charge is -2.26. The van der Waals surface area contributed by atoms with Gasteiger partial charge in [0, 0.05) is 36.8 Å². The van der Waals surface area contributed by atoms with Crippen molar-refractivity contribution in [2.24, 2.45) is 14.1 Å². The molecule has 0 spiro atoms. The molecule has 0 aliphatic rings. The second kappa shape index (κ2) is 7.68. The fourth-order valence-electron chi connectivity index (χ4n) is 3.47. The van der Waals surface area contributed by atoms with Crippen molar-refractivity contribution in [2.45, 2.75) is 105 Å². The second-order valence-corrected chi connectivity index (χ2v) is 12.1. The zero-order chi connectivity index (χ0) is 22.3. The van der Waals surface area contributed by atoms with Gasteiger partial charge in [-0.1, -0.05) is 83.1 Å². The number of nitrogens with zero attached hydrogens (tertiary/aromatic N) is 4. The molecule has 28 heavy (non-hydrogen) atoms. The van der Waals surface area contributed by atoms with E-state index in [1.54, 1.807) is 0 Å². The van der Waals surface area contributed by atoms with Gasteiger partial charge in [-0.2, -0.15) is 10.2 Å². The van der Waals surface area contributed by atoms with Gasteiger partial charge < -0.3 is 0 Å². The van der Waals surface area contributed by atoms with E-state index in [-0.39, 0.29) is 21.7 Å². The number of hydrogen-bond donors (Lipinski definition) is 0. The Bertz CT molecular complexity index is 731. The second-order valence-electron chi connectivity index (χ2n) is 12.1. The van der Waals surface area contributed by atoms with Crippen molar-refractivity contribution in [3.63, 3.8) is 0 Å². The Morgan fingerprint density at radius 3 is 1.39 bits per heavy atom. The summed E-state index contributed by atoms with van der Waals surface area (Å²) in [5.41, 5.74) is 5.91. The van der Waals surface area contributed by atoms with Crippen LogP contribution in [-0.2, 0) is 35.8 Å². The Kier molecular flexibility index (Phi) is 6.71. The van der Waals surface area contributed by atoms with Crippen molar-refractivity contribution in [1.82, 2.24) is 19.6 Å². The molecule has 0 saturated heterocycles. The van der Waals surface area contributed by atoms with Gasteiger partial charge in [0.2, 0.25) is 0 Å². The zero-order valence-electron chi connectivity index (χ0n) is 20.9. The molecular weight excluding hydrogens is 344 g/mol. The van der Waals surface area contributed by atoms with Gasteiger partial charge in [-0.3, -0.25) is 9.36 Å². The molecule has 0 aromatic carbocycles. The zero-order valence-corrected chi connectivity index (χ0v) is 20.9. The van der Waals surface area contributed by atoms with Crippen LogP contribution in [0.25, 0.3) is 0 Å². The summed E-state index contributed by atoms with van der Waals surface area (Å²) in [6.45, 7) is 26.8. The Labute approximate surface area is 173 Å². The first-order chi connectivity index (χ1) is 12.3. The van der Waals surface area contributed by atoms with Crippen LogP contribution in [0, 0.1) is 0 Å². The molecule has 0 N–H and O–H groups in total. The van der Waals surface area contributed by atoms with Crippen molar-refractivity contribution in [2.75, 3.05) is 0 Å². The Morgan fingerprint density at radius 1 is 0.643 bits per heavy atom. The summed E-state index contributed by atoms with van der Waals surface area (Å²) >= 11 is 0. The molecule has 160 valence electrons. The summed E-state index contributed by atoms with van der Waals surface area (Å²) in [7, 11) is 4.01. The highest BCUT2D eigenvalue weighted by Crippen LogP contribution is 2.33. The molecule has 0 fully saturated rings. The third kappa shape index (κ3) is 5.96. The highest BCUT2D eigenvalue weighted by Gasteiger charge is 2.29. The summed E-state index contributed by atoms with van der Waals surface area (Å²) in [6.07, 6.45) is 4.14. The molecule has 4 heteroatoms. The maximum atomic E-state index is 4.57. The van der Waals surface area contributed by atoms with Crippen LogP contribution in [0.5, 0.6) is 0 Å². The fraction of sp³-hybridized carbons (Fsp3) is 0.750. The number of aryl methyl sites for hydroxylation is 2. The summed E-state index contributed by atoms with van der Waals surface area (Å²) < 4.78 is 3.92. The molecule has 2 aromatic heterocycles. The van der Waals surface area contributed by atoms with E-state index in [0.29, 0.717) is 0 Å². The van der Waals surface area contributed by atoms with Crippen molar-refractivity contribution in [3.05, 3.63) is 34.9 Å². The van der Waals surface area contributed by atoms with Crippen LogP contribution in [-0.4, -0.2) is 19.6 Å². The van der Waals surface area contributed by atoms with Crippen LogP contribution in [0.3, 0.4) is 0 Å². The highest BCUT2D eigenvalue weighted by atomic mass is 15.3. The maximum absolute atomic E-state index is 4.57. The average Bonchev–Trinajstić information content (AvgIpc) is 3.00. The van der Waals surface area contributed by atoms with Crippen molar-refractivity contribution in [3.8, 4) is 0 Å².